The summed E-state index contributed by atoms with van der Waals surface area (Å²) < 4.78 is 6.18. The van der Waals surface area contributed by atoms with E-state index in [0.717, 1.165) is 89.0 Å². The number of carbonyl (C=O) groups is 1. The van der Waals surface area contributed by atoms with Gasteiger partial charge in [-0.3, -0.25) is 14.6 Å². The Morgan fingerprint density at radius 2 is 1.61 bits per heavy atom. The number of halogens is 2. The second-order valence-electron chi connectivity index (χ2n) is 12.3. The van der Waals surface area contributed by atoms with Gasteiger partial charge in [0.15, 0.2) is 5.75 Å². The quantitative estimate of drug-likeness (QED) is 0.284. The maximum absolute atomic E-state index is 11.1. The molecule has 12 heteroatoms. The van der Waals surface area contributed by atoms with E-state index in [-0.39, 0.29) is 12.3 Å². The molecule has 10 nitrogen and oxygen atoms in total. The number of anilines is 1. The lowest BCUT2D eigenvalue weighted by Crippen LogP contribution is -2.47. The Morgan fingerprint density at radius 1 is 0.932 bits per heavy atom. The van der Waals surface area contributed by atoms with E-state index in [1.54, 1.807) is 18.5 Å². The minimum absolute atomic E-state index is 0.220. The molecular weight excluding hydrogens is 603 g/mol. The molecule has 2 aromatic heterocycles. The van der Waals surface area contributed by atoms with Crippen LogP contribution in [0.4, 0.5) is 5.95 Å². The van der Waals surface area contributed by atoms with Crippen molar-refractivity contribution in [2.45, 2.75) is 50.7 Å². The van der Waals surface area contributed by atoms with Crippen LogP contribution in [-0.4, -0.2) is 92.3 Å². The van der Waals surface area contributed by atoms with Crippen LogP contribution in [0.1, 0.15) is 44.1 Å². The number of piperazine rings is 1. The highest BCUT2D eigenvalue weighted by molar-refractivity contribution is 6.35. The van der Waals surface area contributed by atoms with E-state index in [2.05, 4.69) is 24.7 Å². The lowest BCUT2D eigenvalue weighted by atomic mass is 9.93. The molecule has 0 atom stereocenters. The first-order valence-electron chi connectivity index (χ1n) is 15.3. The van der Waals surface area contributed by atoms with E-state index >= 15 is 0 Å². The molecule has 3 fully saturated rings. The summed E-state index contributed by atoms with van der Waals surface area (Å²) in [6, 6.07) is 9.28. The third kappa shape index (κ3) is 8.37. The molecule has 44 heavy (non-hydrogen) atoms. The molecule has 0 radical (unpaired) electrons. The fourth-order valence-corrected chi connectivity index (χ4v) is 6.51. The van der Waals surface area contributed by atoms with Crippen LogP contribution in [-0.2, 0) is 11.3 Å². The van der Waals surface area contributed by atoms with Crippen LogP contribution in [0.25, 0.3) is 11.3 Å². The Balaban J connectivity index is 1.13. The Morgan fingerprint density at radius 3 is 2.25 bits per heavy atom. The first-order chi connectivity index (χ1) is 21.2. The number of aromatic nitrogens is 3. The number of pyridine rings is 1. The van der Waals surface area contributed by atoms with Gasteiger partial charge < -0.3 is 19.8 Å². The molecule has 2 saturated heterocycles. The van der Waals surface area contributed by atoms with Gasteiger partial charge in [0, 0.05) is 67.4 Å². The van der Waals surface area contributed by atoms with Gasteiger partial charge in [-0.15, -0.1) is 0 Å². The number of carboxylic acids is 1. The van der Waals surface area contributed by atoms with Crippen LogP contribution >= 0.6 is 23.2 Å². The van der Waals surface area contributed by atoms with Crippen molar-refractivity contribution >= 4 is 35.1 Å². The largest absolute Gasteiger partial charge is 0.481 e. The molecular formula is C32H38Cl2N6O4. The Kier molecular flexibility index (Phi) is 9.53. The Hall–Kier alpha value is -3.02. The fraction of sp³-hybridized carbons (Fsp3) is 0.500. The van der Waals surface area contributed by atoms with Crippen LogP contribution in [0.2, 0.25) is 10.0 Å². The molecule has 1 aliphatic carbocycles. The Bertz CT molecular complexity index is 1440. The second kappa shape index (κ2) is 13.5. The minimum atomic E-state index is -0.732. The van der Waals surface area contributed by atoms with Gasteiger partial charge >= 0.3 is 5.97 Å². The van der Waals surface area contributed by atoms with Crippen LogP contribution < -0.4 is 9.64 Å². The zero-order chi connectivity index (χ0) is 30.7. The van der Waals surface area contributed by atoms with E-state index in [0.29, 0.717) is 39.9 Å². The van der Waals surface area contributed by atoms with Crippen molar-refractivity contribution in [2.24, 2.45) is 5.92 Å². The lowest BCUT2D eigenvalue weighted by Gasteiger charge is -2.35. The molecule has 2 aliphatic heterocycles. The summed E-state index contributed by atoms with van der Waals surface area (Å²) in [5.41, 5.74) is 2.08. The highest BCUT2D eigenvalue weighted by Crippen LogP contribution is 2.38. The predicted octanol–water partition coefficient (Wildman–Crippen LogP) is 5.36. The molecule has 0 amide bonds. The lowest BCUT2D eigenvalue weighted by molar-refractivity contribution is -0.138. The van der Waals surface area contributed by atoms with Gasteiger partial charge in [-0.25, -0.2) is 15.0 Å². The average Bonchev–Trinajstić information content (AvgIpc) is 3.74. The topological polar surface area (TPSA) is 115 Å². The zero-order valence-corrected chi connectivity index (χ0v) is 26.2. The highest BCUT2D eigenvalue weighted by atomic mass is 35.5. The monoisotopic (exact) mass is 640 g/mol. The first kappa shape index (κ1) is 31.0. The molecule has 4 heterocycles. The van der Waals surface area contributed by atoms with Crippen molar-refractivity contribution in [3.05, 3.63) is 58.3 Å². The maximum atomic E-state index is 11.1. The molecule has 1 aromatic carbocycles. The summed E-state index contributed by atoms with van der Waals surface area (Å²) in [7, 11) is 0. The number of piperidine rings is 1. The average molecular weight is 642 g/mol. The van der Waals surface area contributed by atoms with Gasteiger partial charge in [0.1, 0.15) is 0 Å². The third-order valence-corrected chi connectivity index (χ3v) is 9.25. The summed E-state index contributed by atoms with van der Waals surface area (Å²) in [5, 5.41) is 20.3. The minimum Gasteiger partial charge on any atom is -0.481 e. The van der Waals surface area contributed by atoms with E-state index < -0.39 is 11.6 Å². The van der Waals surface area contributed by atoms with Crippen LogP contribution in [0.3, 0.4) is 0 Å². The number of hydrogen-bond acceptors (Lipinski definition) is 9. The molecule has 234 valence electrons. The summed E-state index contributed by atoms with van der Waals surface area (Å²) in [6.45, 7) is 6.78. The van der Waals surface area contributed by atoms with Gasteiger partial charge in [0.05, 0.1) is 23.7 Å². The van der Waals surface area contributed by atoms with Crippen LogP contribution in [0, 0.1) is 5.92 Å². The van der Waals surface area contributed by atoms with Gasteiger partial charge in [-0.05, 0) is 80.9 Å². The number of aliphatic hydroxyl groups is 1. The first-order valence-corrected chi connectivity index (χ1v) is 16.1. The molecule has 0 bridgehead atoms. The summed E-state index contributed by atoms with van der Waals surface area (Å²) in [5.74, 6) is 1.05. The number of hydrogen-bond donors (Lipinski definition) is 2. The van der Waals surface area contributed by atoms with E-state index in [1.165, 1.54) is 0 Å². The van der Waals surface area contributed by atoms with Crippen molar-refractivity contribution < 1.29 is 19.7 Å². The Labute approximate surface area is 267 Å². The van der Waals surface area contributed by atoms with Gasteiger partial charge in [-0.2, -0.15) is 0 Å². The number of aliphatic carboxylic acids is 1. The molecule has 1 saturated carbocycles. The molecule has 0 unspecified atom stereocenters. The van der Waals surface area contributed by atoms with E-state index in [4.69, 9.17) is 38.0 Å². The molecule has 6 rings (SSSR count). The van der Waals surface area contributed by atoms with Crippen molar-refractivity contribution in [2.75, 3.05) is 50.7 Å². The number of ether oxygens (including phenoxy) is 1. The summed E-state index contributed by atoms with van der Waals surface area (Å²) >= 11 is 12.6. The second-order valence-corrected chi connectivity index (χ2v) is 13.2. The smallest absolute Gasteiger partial charge is 0.303 e. The van der Waals surface area contributed by atoms with Crippen molar-refractivity contribution in [3.63, 3.8) is 0 Å². The van der Waals surface area contributed by atoms with Crippen LogP contribution in [0.15, 0.2) is 42.7 Å². The zero-order valence-electron chi connectivity index (χ0n) is 24.7. The maximum Gasteiger partial charge on any atom is 0.303 e. The molecule has 3 aromatic rings. The normalized spacial score (nSPS) is 19.2. The number of carboxylic acid groups (broad SMARTS) is 1. The van der Waals surface area contributed by atoms with Gasteiger partial charge in [0.25, 0.3) is 0 Å². The predicted molar refractivity (Wildman–Crippen MR) is 170 cm³/mol. The van der Waals surface area contributed by atoms with Gasteiger partial charge in [-0.1, -0.05) is 23.2 Å². The number of benzene rings is 1. The number of likely N-dealkylation sites (tertiary alicyclic amines) is 1. The molecule has 2 N–H and O–H groups in total. The molecule has 3 aliphatic rings. The van der Waals surface area contributed by atoms with E-state index in [9.17, 15) is 9.90 Å². The highest BCUT2D eigenvalue weighted by Gasteiger charge is 2.40. The van der Waals surface area contributed by atoms with Crippen molar-refractivity contribution in [1.82, 2.24) is 24.8 Å². The molecule has 0 spiro atoms. The fourth-order valence-electron chi connectivity index (χ4n) is 5.98. The number of nitrogens with zero attached hydrogens (tertiary/aromatic N) is 6. The number of rotatable bonds is 11. The van der Waals surface area contributed by atoms with Crippen molar-refractivity contribution in [3.8, 4) is 22.9 Å². The van der Waals surface area contributed by atoms with Crippen LogP contribution in [0.5, 0.6) is 11.6 Å². The summed E-state index contributed by atoms with van der Waals surface area (Å²) in [4.78, 5) is 32.0. The standard InChI is InChI=1S/C32H38Cl2N6O4/c33-25-16-24(17-26(34)18-25)28-13-23(21-39-6-1-22(2-7-39)15-30(41)42)14-29(37-28)44-27-19-35-31(36-20-27)40-11-9-38(10-12-40)8-5-32(43)3-4-32/h13-14,16-20,22,43H,1-12,15,21H2,(H,41,42). The third-order valence-electron chi connectivity index (χ3n) is 8.81. The SMILES string of the molecule is O=C(O)CC1CCN(Cc2cc(Oc3cnc(N4CCN(CCC5(O)CC5)CC4)nc3)nc(-c3cc(Cl)cc(Cl)c3)c2)CC1. The van der Waals surface area contributed by atoms with Gasteiger partial charge in [0.2, 0.25) is 11.8 Å². The summed E-state index contributed by atoms with van der Waals surface area (Å²) in [6.07, 6.45) is 8.01. The van der Waals surface area contributed by atoms with Crippen molar-refractivity contribution in [1.29, 1.82) is 0 Å². The van der Waals surface area contributed by atoms with E-state index in [1.807, 2.05) is 24.3 Å².